The van der Waals surface area contributed by atoms with Crippen LogP contribution in [0.4, 0.5) is 0 Å². The van der Waals surface area contributed by atoms with E-state index in [-0.39, 0.29) is 0 Å². The van der Waals surface area contributed by atoms with Gasteiger partial charge in [0, 0.05) is 6.42 Å². The Kier molecular flexibility index (Phi) is 24.2. The van der Waals surface area contributed by atoms with Crippen LogP contribution in [-0.2, 0) is 4.79 Å². The quantitative estimate of drug-likeness (QED) is 0.149. The minimum absolute atomic E-state index is 0.323. The Morgan fingerprint density at radius 1 is 0.500 bits per heavy atom. The molecule has 0 fully saturated rings. The number of unbranched alkanes of at least 4 members (excludes halogenated alkanes) is 17. The highest BCUT2D eigenvalue weighted by Crippen LogP contribution is 2.12. The number of carbonyl (C=O) groups is 1. The molecule has 0 aliphatic heterocycles. The fourth-order valence-corrected chi connectivity index (χ4v) is 4.24. The number of carboxylic acid groups (broad SMARTS) is 1. The van der Waals surface area contributed by atoms with Crippen molar-refractivity contribution in [1.82, 2.24) is 4.90 Å². The predicted octanol–water partition coefficient (Wildman–Crippen LogP) is 8.60. The van der Waals surface area contributed by atoms with Gasteiger partial charge in [0.05, 0.1) is 0 Å². The first kappa shape index (κ1) is 29.4. The average molecular weight is 426 g/mol. The Labute approximate surface area is 189 Å². The topological polar surface area (TPSA) is 40.5 Å². The molecule has 0 aromatic carbocycles. The summed E-state index contributed by atoms with van der Waals surface area (Å²) in [5, 5.41) is 8.85. The summed E-state index contributed by atoms with van der Waals surface area (Å²) < 4.78 is 0. The molecule has 0 heterocycles. The van der Waals surface area contributed by atoms with E-state index in [2.05, 4.69) is 18.7 Å². The third-order valence-electron chi connectivity index (χ3n) is 6.27. The first-order valence-electron chi connectivity index (χ1n) is 13.6. The molecule has 180 valence electrons. The Balaban J connectivity index is 3.79. The molecular weight excluding hydrogens is 370 g/mol. The molecule has 0 rings (SSSR count). The zero-order chi connectivity index (χ0) is 22.1. The summed E-state index contributed by atoms with van der Waals surface area (Å²) in [7, 11) is 0. The van der Waals surface area contributed by atoms with Crippen LogP contribution in [-0.4, -0.2) is 35.6 Å². The van der Waals surface area contributed by atoms with E-state index in [4.69, 9.17) is 5.11 Å². The largest absolute Gasteiger partial charge is 0.481 e. The summed E-state index contributed by atoms with van der Waals surface area (Å²) in [4.78, 5) is 13.4. The third-order valence-corrected chi connectivity index (χ3v) is 6.27. The lowest BCUT2D eigenvalue weighted by molar-refractivity contribution is -0.137. The van der Waals surface area contributed by atoms with Crippen molar-refractivity contribution in [2.24, 2.45) is 0 Å². The van der Waals surface area contributed by atoms with Gasteiger partial charge in [-0.05, 0) is 45.3 Å². The molecule has 1 N–H and O–H groups in total. The van der Waals surface area contributed by atoms with Crippen LogP contribution in [0.1, 0.15) is 149 Å². The normalized spacial score (nSPS) is 11.4. The van der Waals surface area contributed by atoms with Crippen LogP contribution in [0.25, 0.3) is 0 Å². The van der Waals surface area contributed by atoms with Crippen molar-refractivity contribution < 1.29 is 9.90 Å². The van der Waals surface area contributed by atoms with E-state index in [9.17, 15) is 4.79 Å². The van der Waals surface area contributed by atoms with Crippen LogP contribution in [0.3, 0.4) is 0 Å². The van der Waals surface area contributed by atoms with Gasteiger partial charge < -0.3 is 10.0 Å². The molecule has 0 saturated carbocycles. The minimum atomic E-state index is -0.653. The Hall–Kier alpha value is -0.570. The molecule has 3 nitrogen and oxygen atoms in total. The lowest BCUT2D eigenvalue weighted by Crippen LogP contribution is -2.27. The van der Waals surface area contributed by atoms with Crippen molar-refractivity contribution in [3.05, 3.63) is 0 Å². The zero-order valence-corrected chi connectivity index (χ0v) is 20.8. The third kappa shape index (κ3) is 23.7. The van der Waals surface area contributed by atoms with Gasteiger partial charge in [0.2, 0.25) is 0 Å². The van der Waals surface area contributed by atoms with Crippen molar-refractivity contribution in [2.75, 3.05) is 19.6 Å². The van der Waals surface area contributed by atoms with Crippen LogP contribution >= 0.6 is 0 Å². The number of hydrogen-bond acceptors (Lipinski definition) is 2. The number of hydrogen-bond donors (Lipinski definition) is 1. The lowest BCUT2D eigenvalue weighted by atomic mass is 10.1. The van der Waals surface area contributed by atoms with E-state index in [1.165, 1.54) is 129 Å². The average Bonchev–Trinajstić information content (AvgIpc) is 2.73. The van der Waals surface area contributed by atoms with Gasteiger partial charge in [0.15, 0.2) is 0 Å². The van der Waals surface area contributed by atoms with Crippen molar-refractivity contribution in [3.8, 4) is 0 Å². The molecule has 0 aliphatic rings. The smallest absolute Gasteiger partial charge is 0.303 e. The monoisotopic (exact) mass is 425 g/mol. The fraction of sp³-hybridized carbons (Fsp3) is 0.963. The van der Waals surface area contributed by atoms with E-state index in [1.54, 1.807) is 0 Å². The van der Waals surface area contributed by atoms with Gasteiger partial charge in [0.1, 0.15) is 0 Å². The highest BCUT2D eigenvalue weighted by Gasteiger charge is 2.06. The van der Waals surface area contributed by atoms with Crippen molar-refractivity contribution in [2.45, 2.75) is 149 Å². The van der Waals surface area contributed by atoms with Gasteiger partial charge in [-0.2, -0.15) is 0 Å². The summed E-state index contributed by atoms with van der Waals surface area (Å²) in [5.41, 5.74) is 0. The molecule has 3 heteroatoms. The zero-order valence-electron chi connectivity index (χ0n) is 20.8. The highest BCUT2D eigenvalue weighted by molar-refractivity contribution is 5.66. The van der Waals surface area contributed by atoms with E-state index >= 15 is 0 Å². The first-order valence-corrected chi connectivity index (χ1v) is 13.6. The molecule has 0 aromatic heterocycles. The van der Waals surface area contributed by atoms with E-state index in [0.717, 1.165) is 19.4 Å². The number of nitrogens with zero attached hydrogens (tertiary/aromatic N) is 1. The Morgan fingerprint density at radius 2 is 0.800 bits per heavy atom. The fourth-order valence-electron chi connectivity index (χ4n) is 4.24. The molecule has 30 heavy (non-hydrogen) atoms. The van der Waals surface area contributed by atoms with Gasteiger partial charge in [-0.1, -0.05) is 117 Å². The van der Waals surface area contributed by atoms with E-state index < -0.39 is 5.97 Å². The molecule has 0 atom stereocenters. The minimum Gasteiger partial charge on any atom is -0.481 e. The van der Waals surface area contributed by atoms with Crippen LogP contribution in [0.15, 0.2) is 0 Å². The second-order valence-corrected chi connectivity index (χ2v) is 9.35. The summed E-state index contributed by atoms with van der Waals surface area (Å²) in [5.74, 6) is -0.653. The van der Waals surface area contributed by atoms with Crippen LogP contribution in [0.5, 0.6) is 0 Å². The molecule has 0 spiro atoms. The lowest BCUT2D eigenvalue weighted by Gasteiger charge is -2.22. The maximum absolute atomic E-state index is 10.7. The molecule has 0 saturated heterocycles. The number of rotatable bonds is 25. The molecule has 0 bridgehead atoms. The van der Waals surface area contributed by atoms with Gasteiger partial charge >= 0.3 is 5.97 Å². The second kappa shape index (κ2) is 24.7. The van der Waals surface area contributed by atoms with Gasteiger partial charge in [-0.25, -0.2) is 0 Å². The van der Waals surface area contributed by atoms with Crippen molar-refractivity contribution in [1.29, 1.82) is 0 Å². The maximum Gasteiger partial charge on any atom is 0.303 e. The second-order valence-electron chi connectivity index (χ2n) is 9.35. The molecule has 0 amide bonds. The van der Waals surface area contributed by atoms with Crippen molar-refractivity contribution in [3.63, 3.8) is 0 Å². The van der Waals surface area contributed by atoms with Crippen LogP contribution < -0.4 is 0 Å². The number of carboxylic acids is 1. The summed E-state index contributed by atoms with van der Waals surface area (Å²) in [6.45, 7) is 8.06. The predicted molar refractivity (Wildman–Crippen MR) is 132 cm³/mol. The molecule has 0 aromatic rings. The Bertz CT molecular complexity index is 324. The van der Waals surface area contributed by atoms with Gasteiger partial charge in [0.25, 0.3) is 0 Å². The summed E-state index contributed by atoms with van der Waals surface area (Å²) >= 11 is 0. The van der Waals surface area contributed by atoms with E-state index in [0.29, 0.717) is 6.42 Å². The molecule has 0 radical (unpaired) electrons. The van der Waals surface area contributed by atoms with Crippen LogP contribution in [0, 0.1) is 0 Å². The summed E-state index contributed by atoms with van der Waals surface area (Å²) in [6, 6.07) is 0. The summed E-state index contributed by atoms with van der Waals surface area (Å²) in [6.07, 6.45) is 27.1. The maximum atomic E-state index is 10.7. The SMILES string of the molecule is CCCCCCCCCCCN(CCCCCCCCCCC)CCCCC(=O)O. The molecule has 0 unspecified atom stereocenters. The Morgan fingerprint density at radius 3 is 1.13 bits per heavy atom. The van der Waals surface area contributed by atoms with Gasteiger partial charge in [-0.15, -0.1) is 0 Å². The first-order chi connectivity index (χ1) is 14.7. The van der Waals surface area contributed by atoms with Gasteiger partial charge in [-0.3, -0.25) is 4.79 Å². The van der Waals surface area contributed by atoms with E-state index in [1.807, 2.05) is 0 Å². The molecular formula is C27H55NO2. The molecule has 0 aliphatic carbocycles. The highest BCUT2D eigenvalue weighted by atomic mass is 16.4. The van der Waals surface area contributed by atoms with Crippen molar-refractivity contribution >= 4 is 5.97 Å². The van der Waals surface area contributed by atoms with Crippen LogP contribution in [0.2, 0.25) is 0 Å². The number of aliphatic carboxylic acids is 1. The standard InChI is InChI=1S/C27H55NO2/c1-3-5-7-9-11-13-15-17-20-24-28(26-22-19-23-27(29)30)25-21-18-16-14-12-10-8-6-4-2/h3-26H2,1-2H3,(H,29,30).